The zero-order valence-corrected chi connectivity index (χ0v) is 18.5. The summed E-state index contributed by atoms with van der Waals surface area (Å²) in [6, 6.07) is 10.1. The number of aromatic nitrogens is 3. The van der Waals surface area contributed by atoms with Crippen molar-refractivity contribution in [1.82, 2.24) is 20.0 Å². The summed E-state index contributed by atoms with van der Waals surface area (Å²) in [5.41, 5.74) is 1.26. The summed E-state index contributed by atoms with van der Waals surface area (Å²) in [4.78, 5) is 23.7. The quantitative estimate of drug-likeness (QED) is 0.410. The molecule has 1 aliphatic heterocycles. The number of benzene rings is 1. The number of urea groups is 1. The number of nitrogens with zero attached hydrogens (tertiary/aromatic N) is 5. The summed E-state index contributed by atoms with van der Waals surface area (Å²) in [6.07, 6.45) is 0.373. The molecule has 1 unspecified atom stereocenters. The Morgan fingerprint density at radius 1 is 1.12 bits per heavy atom. The standard InChI is InChI=1S/C23H24F3N5O3/c1-16(15-30-12-13-31(22(30)32)18-8-10-27-11-9-18)3-2-14-33-19-6-4-17(5-7-19)20-28-21(34-29-20)23(24,25)26/h4-11,16H,2-3,12-15H2,1H3. The summed E-state index contributed by atoms with van der Waals surface area (Å²) in [5, 5.41) is 3.37. The number of rotatable bonds is 9. The number of amides is 2. The van der Waals surface area contributed by atoms with E-state index in [1.165, 1.54) is 0 Å². The zero-order chi connectivity index (χ0) is 24.1. The third-order valence-electron chi connectivity index (χ3n) is 5.49. The first-order valence-electron chi connectivity index (χ1n) is 10.9. The molecule has 11 heteroatoms. The Morgan fingerprint density at radius 3 is 2.53 bits per heavy atom. The van der Waals surface area contributed by atoms with E-state index in [0.29, 0.717) is 43.5 Å². The van der Waals surface area contributed by atoms with E-state index < -0.39 is 12.1 Å². The number of anilines is 1. The molecule has 180 valence electrons. The van der Waals surface area contributed by atoms with Gasteiger partial charge in [0.1, 0.15) is 5.75 Å². The maximum absolute atomic E-state index is 12.7. The van der Waals surface area contributed by atoms with Crippen LogP contribution in [0.2, 0.25) is 0 Å². The number of hydrogen-bond donors (Lipinski definition) is 0. The summed E-state index contributed by atoms with van der Waals surface area (Å²) >= 11 is 0. The summed E-state index contributed by atoms with van der Waals surface area (Å²) in [5.74, 6) is -0.601. The smallest absolute Gasteiger partial charge is 0.471 e. The maximum atomic E-state index is 12.7. The fraction of sp³-hybridized carbons (Fsp3) is 0.391. The van der Waals surface area contributed by atoms with Gasteiger partial charge in [-0.2, -0.15) is 18.2 Å². The van der Waals surface area contributed by atoms with Gasteiger partial charge in [0.2, 0.25) is 5.82 Å². The van der Waals surface area contributed by atoms with Crippen LogP contribution in [-0.2, 0) is 6.18 Å². The van der Waals surface area contributed by atoms with Gasteiger partial charge < -0.3 is 14.2 Å². The van der Waals surface area contributed by atoms with E-state index in [-0.39, 0.29) is 11.9 Å². The van der Waals surface area contributed by atoms with E-state index in [0.717, 1.165) is 18.5 Å². The van der Waals surface area contributed by atoms with Crippen molar-refractivity contribution in [2.24, 2.45) is 5.92 Å². The van der Waals surface area contributed by atoms with Crippen LogP contribution >= 0.6 is 0 Å². The summed E-state index contributed by atoms with van der Waals surface area (Å²) in [6.45, 7) is 4.63. The van der Waals surface area contributed by atoms with E-state index in [2.05, 4.69) is 26.6 Å². The van der Waals surface area contributed by atoms with Crippen LogP contribution < -0.4 is 9.64 Å². The average Bonchev–Trinajstić information content (AvgIpc) is 3.46. The molecule has 1 aromatic carbocycles. The van der Waals surface area contributed by atoms with E-state index in [1.54, 1.807) is 41.6 Å². The van der Waals surface area contributed by atoms with Gasteiger partial charge in [0.05, 0.1) is 6.61 Å². The molecule has 0 saturated carbocycles. The highest BCUT2D eigenvalue weighted by Crippen LogP contribution is 2.30. The van der Waals surface area contributed by atoms with Gasteiger partial charge in [-0.25, -0.2) is 4.79 Å². The van der Waals surface area contributed by atoms with Crippen LogP contribution in [0, 0.1) is 5.92 Å². The number of carbonyl (C=O) groups excluding carboxylic acids is 1. The molecule has 1 aliphatic rings. The predicted molar refractivity (Wildman–Crippen MR) is 117 cm³/mol. The number of hydrogen-bond acceptors (Lipinski definition) is 6. The van der Waals surface area contributed by atoms with Crippen LogP contribution in [0.25, 0.3) is 11.4 Å². The average molecular weight is 475 g/mol. The van der Waals surface area contributed by atoms with Gasteiger partial charge in [0, 0.05) is 43.3 Å². The minimum atomic E-state index is -4.67. The van der Waals surface area contributed by atoms with Crippen LogP contribution in [0.4, 0.5) is 23.7 Å². The zero-order valence-electron chi connectivity index (χ0n) is 18.5. The lowest BCUT2D eigenvalue weighted by molar-refractivity contribution is -0.159. The number of pyridine rings is 1. The van der Waals surface area contributed by atoms with Crippen LogP contribution in [0.3, 0.4) is 0 Å². The van der Waals surface area contributed by atoms with Crippen molar-refractivity contribution in [2.75, 3.05) is 31.1 Å². The molecule has 1 saturated heterocycles. The summed E-state index contributed by atoms with van der Waals surface area (Å²) in [7, 11) is 0. The molecule has 4 rings (SSSR count). The van der Waals surface area contributed by atoms with E-state index in [1.807, 2.05) is 17.0 Å². The van der Waals surface area contributed by atoms with Crippen LogP contribution in [0.15, 0.2) is 53.3 Å². The van der Waals surface area contributed by atoms with Gasteiger partial charge in [-0.1, -0.05) is 12.1 Å². The highest BCUT2D eigenvalue weighted by Gasteiger charge is 2.38. The monoisotopic (exact) mass is 475 g/mol. The Kier molecular flexibility index (Phi) is 6.99. The fourth-order valence-electron chi connectivity index (χ4n) is 3.76. The molecule has 3 heterocycles. The molecule has 3 aromatic rings. The van der Waals surface area contributed by atoms with Crippen LogP contribution in [-0.4, -0.2) is 52.3 Å². The second-order valence-corrected chi connectivity index (χ2v) is 8.13. The Balaban J connectivity index is 1.19. The highest BCUT2D eigenvalue weighted by atomic mass is 19.4. The van der Waals surface area contributed by atoms with Crippen molar-refractivity contribution in [3.8, 4) is 17.1 Å². The fourth-order valence-corrected chi connectivity index (χ4v) is 3.76. The van der Waals surface area contributed by atoms with Crippen molar-refractivity contribution in [1.29, 1.82) is 0 Å². The number of ether oxygens (including phenoxy) is 1. The van der Waals surface area contributed by atoms with Gasteiger partial charge >= 0.3 is 18.1 Å². The molecule has 2 aromatic heterocycles. The molecule has 8 nitrogen and oxygen atoms in total. The lowest BCUT2D eigenvalue weighted by atomic mass is 10.1. The first kappa shape index (κ1) is 23.5. The van der Waals surface area contributed by atoms with Crippen LogP contribution in [0.1, 0.15) is 25.7 Å². The number of alkyl halides is 3. The van der Waals surface area contributed by atoms with Crippen LogP contribution in [0.5, 0.6) is 5.75 Å². The first-order valence-corrected chi connectivity index (χ1v) is 10.9. The summed E-state index contributed by atoms with van der Waals surface area (Å²) < 4.78 is 47.8. The SMILES string of the molecule is CC(CCCOc1ccc(-c2noc(C(F)(F)F)n2)cc1)CN1CCN(c2ccncc2)C1=O. The lowest BCUT2D eigenvalue weighted by Gasteiger charge is -2.22. The Hall–Kier alpha value is -3.63. The minimum absolute atomic E-state index is 0.0124. The second kappa shape index (κ2) is 10.1. The van der Waals surface area contributed by atoms with Gasteiger partial charge in [0.15, 0.2) is 0 Å². The molecule has 0 N–H and O–H groups in total. The third-order valence-corrected chi connectivity index (χ3v) is 5.49. The van der Waals surface area contributed by atoms with Crippen molar-refractivity contribution in [2.45, 2.75) is 25.9 Å². The van der Waals surface area contributed by atoms with Gasteiger partial charge in [0.25, 0.3) is 0 Å². The normalized spacial score (nSPS) is 15.1. The third kappa shape index (κ3) is 5.64. The molecular weight excluding hydrogens is 451 g/mol. The van der Waals surface area contributed by atoms with Gasteiger partial charge in [-0.05, 0) is 55.2 Å². The minimum Gasteiger partial charge on any atom is -0.494 e. The molecule has 0 bridgehead atoms. The maximum Gasteiger partial charge on any atom is 0.471 e. The van der Waals surface area contributed by atoms with Crippen molar-refractivity contribution in [3.63, 3.8) is 0 Å². The van der Waals surface area contributed by atoms with Crippen molar-refractivity contribution in [3.05, 3.63) is 54.7 Å². The molecule has 1 atom stereocenters. The van der Waals surface area contributed by atoms with E-state index in [4.69, 9.17) is 4.74 Å². The largest absolute Gasteiger partial charge is 0.494 e. The molecule has 0 spiro atoms. The van der Waals surface area contributed by atoms with Gasteiger partial charge in [-0.3, -0.25) is 9.88 Å². The Morgan fingerprint density at radius 2 is 1.85 bits per heavy atom. The first-order chi connectivity index (χ1) is 16.3. The van der Waals surface area contributed by atoms with Crippen molar-refractivity contribution < 1.29 is 27.2 Å². The number of halogens is 3. The van der Waals surface area contributed by atoms with Gasteiger partial charge in [-0.15, -0.1) is 0 Å². The molecule has 0 radical (unpaired) electrons. The lowest BCUT2D eigenvalue weighted by Crippen LogP contribution is -2.34. The molecular formula is C23H24F3N5O3. The number of carbonyl (C=O) groups is 1. The molecule has 0 aliphatic carbocycles. The molecule has 2 amide bonds. The topological polar surface area (TPSA) is 84.6 Å². The Bertz CT molecular complexity index is 1090. The Labute approximate surface area is 194 Å². The molecule has 1 fully saturated rings. The molecule has 34 heavy (non-hydrogen) atoms. The second-order valence-electron chi connectivity index (χ2n) is 8.13. The van der Waals surface area contributed by atoms with E-state index >= 15 is 0 Å². The van der Waals surface area contributed by atoms with Crippen molar-refractivity contribution >= 4 is 11.7 Å². The van der Waals surface area contributed by atoms with E-state index in [9.17, 15) is 18.0 Å². The highest BCUT2D eigenvalue weighted by molar-refractivity contribution is 5.94. The predicted octanol–water partition coefficient (Wildman–Crippen LogP) is 4.89.